The molecule has 1 saturated heterocycles. The molecule has 2 aliphatic rings. The molecule has 0 unspecified atom stereocenters. The monoisotopic (exact) mass is 529 g/mol. The van der Waals surface area contributed by atoms with Gasteiger partial charge in [-0.15, -0.1) is 0 Å². The van der Waals surface area contributed by atoms with Crippen molar-refractivity contribution in [2.75, 3.05) is 44.1 Å². The number of aromatic nitrogens is 1. The Balaban J connectivity index is 1.41. The van der Waals surface area contributed by atoms with Crippen LogP contribution in [0.2, 0.25) is 5.02 Å². The van der Waals surface area contributed by atoms with Crippen molar-refractivity contribution in [3.8, 4) is 17.2 Å². The standard InChI is InChI=1S/C28H37ClFN5O2/c1-19(16-36-2)34-20-3-5-21(6-4-20)35-27-14-23(25(29)15-32-27)24-13-22(7-8-26(24)30)33-18-28(17-31)9-11-37-12-10-28/h7-8,13-15,19-21,33-34H,3-6,9-12,16,18H2,1-2H3,(H,32,35)/t19-,20-,21-/m0/s1. The highest BCUT2D eigenvalue weighted by atomic mass is 35.5. The molecule has 1 aromatic carbocycles. The van der Waals surface area contributed by atoms with Gasteiger partial charge in [-0.2, -0.15) is 5.26 Å². The van der Waals surface area contributed by atoms with Crippen LogP contribution in [0.3, 0.4) is 0 Å². The number of halogens is 2. The van der Waals surface area contributed by atoms with E-state index in [1.54, 1.807) is 25.4 Å². The molecule has 37 heavy (non-hydrogen) atoms. The van der Waals surface area contributed by atoms with Crippen LogP contribution in [-0.4, -0.2) is 56.6 Å². The number of methoxy groups -OCH3 is 1. The minimum Gasteiger partial charge on any atom is -0.383 e. The molecule has 1 saturated carbocycles. The van der Waals surface area contributed by atoms with Crippen LogP contribution in [0, 0.1) is 22.6 Å². The zero-order chi connectivity index (χ0) is 26.3. The van der Waals surface area contributed by atoms with Gasteiger partial charge in [0.15, 0.2) is 0 Å². The van der Waals surface area contributed by atoms with Crippen LogP contribution in [0.15, 0.2) is 30.5 Å². The van der Waals surface area contributed by atoms with Crippen molar-refractivity contribution in [3.05, 3.63) is 41.3 Å². The maximum atomic E-state index is 15.0. The van der Waals surface area contributed by atoms with Crippen molar-refractivity contribution in [2.45, 2.75) is 63.6 Å². The van der Waals surface area contributed by atoms with E-state index in [1.165, 1.54) is 6.07 Å². The van der Waals surface area contributed by atoms with Gasteiger partial charge in [-0.1, -0.05) is 11.6 Å². The molecule has 0 amide bonds. The summed E-state index contributed by atoms with van der Waals surface area (Å²) in [4.78, 5) is 4.46. The number of benzene rings is 1. The van der Waals surface area contributed by atoms with E-state index in [9.17, 15) is 9.65 Å². The van der Waals surface area contributed by atoms with Crippen molar-refractivity contribution in [1.82, 2.24) is 10.3 Å². The third-order valence-corrected chi connectivity index (χ3v) is 7.75. The summed E-state index contributed by atoms with van der Waals surface area (Å²) in [6, 6.07) is 10.3. The highest BCUT2D eigenvalue weighted by Gasteiger charge is 2.32. The van der Waals surface area contributed by atoms with Crippen molar-refractivity contribution in [2.24, 2.45) is 5.41 Å². The Bertz CT molecular complexity index is 1080. The fraction of sp³-hybridized carbons (Fsp3) is 0.571. The molecule has 200 valence electrons. The van der Waals surface area contributed by atoms with Crippen molar-refractivity contribution < 1.29 is 13.9 Å². The molecule has 2 aromatic rings. The summed E-state index contributed by atoms with van der Waals surface area (Å²) in [5, 5.41) is 20.6. The Morgan fingerprint density at radius 1 is 1.19 bits per heavy atom. The Morgan fingerprint density at radius 3 is 2.62 bits per heavy atom. The lowest BCUT2D eigenvalue weighted by Gasteiger charge is -2.32. The summed E-state index contributed by atoms with van der Waals surface area (Å²) in [5.41, 5.74) is 1.26. The molecule has 0 bridgehead atoms. The summed E-state index contributed by atoms with van der Waals surface area (Å²) in [5.74, 6) is 0.328. The number of ether oxygens (including phenoxy) is 2. The molecular weight excluding hydrogens is 493 g/mol. The van der Waals surface area contributed by atoms with E-state index in [0.29, 0.717) is 79.3 Å². The Labute approximate surface area is 224 Å². The van der Waals surface area contributed by atoms with Gasteiger partial charge in [0.25, 0.3) is 0 Å². The van der Waals surface area contributed by atoms with Crippen molar-refractivity contribution in [1.29, 1.82) is 5.26 Å². The second-order valence-corrected chi connectivity index (χ2v) is 10.7. The fourth-order valence-electron chi connectivity index (χ4n) is 5.24. The number of rotatable bonds is 10. The zero-order valence-electron chi connectivity index (χ0n) is 21.7. The highest BCUT2D eigenvalue weighted by Crippen LogP contribution is 2.35. The van der Waals surface area contributed by atoms with E-state index in [-0.39, 0.29) is 5.82 Å². The molecular formula is C28H37ClFN5O2. The van der Waals surface area contributed by atoms with Crippen molar-refractivity contribution >= 4 is 23.1 Å². The van der Waals surface area contributed by atoms with Crippen LogP contribution in [0.4, 0.5) is 15.9 Å². The van der Waals surface area contributed by atoms with Gasteiger partial charge in [-0.25, -0.2) is 9.37 Å². The molecule has 3 N–H and O–H groups in total. The highest BCUT2D eigenvalue weighted by molar-refractivity contribution is 6.33. The Hall–Kier alpha value is -2.44. The predicted molar refractivity (Wildman–Crippen MR) is 145 cm³/mol. The summed E-state index contributed by atoms with van der Waals surface area (Å²) in [6.45, 7) is 4.49. The van der Waals surface area contributed by atoms with Crippen LogP contribution >= 0.6 is 11.6 Å². The molecule has 1 aromatic heterocycles. The number of pyridine rings is 1. The molecule has 1 aliphatic carbocycles. The number of hydrogen-bond acceptors (Lipinski definition) is 7. The molecule has 2 heterocycles. The van der Waals surface area contributed by atoms with E-state index in [1.807, 2.05) is 6.07 Å². The second-order valence-electron chi connectivity index (χ2n) is 10.3. The van der Waals surface area contributed by atoms with E-state index in [2.05, 4.69) is 33.9 Å². The lowest BCUT2D eigenvalue weighted by atomic mass is 9.81. The Morgan fingerprint density at radius 2 is 1.92 bits per heavy atom. The van der Waals surface area contributed by atoms with Crippen LogP contribution in [0.25, 0.3) is 11.1 Å². The minimum absolute atomic E-state index is 0.303. The third-order valence-electron chi connectivity index (χ3n) is 7.45. The first-order valence-electron chi connectivity index (χ1n) is 13.1. The maximum Gasteiger partial charge on any atom is 0.131 e. The number of nitrogens with one attached hydrogen (secondary N) is 3. The lowest BCUT2D eigenvalue weighted by molar-refractivity contribution is 0.0456. The third kappa shape index (κ3) is 7.32. The van der Waals surface area contributed by atoms with Crippen LogP contribution in [0.5, 0.6) is 0 Å². The molecule has 0 radical (unpaired) electrons. The average Bonchev–Trinajstić information content (AvgIpc) is 2.91. The largest absolute Gasteiger partial charge is 0.383 e. The lowest BCUT2D eigenvalue weighted by Crippen LogP contribution is -2.42. The molecule has 1 atom stereocenters. The normalized spacial score (nSPS) is 22.1. The van der Waals surface area contributed by atoms with Gasteiger partial charge in [0.05, 0.1) is 23.1 Å². The van der Waals surface area contributed by atoms with Gasteiger partial charge in [-0.3, -0.25) is 0 Å². The van der Waals surface area contributed by atoms with E-state index < -0.39 is 5.41 Å². The predicted octanol–water partition coefficient (Wildman–Crippen LogP) is 5.62. The zero-order valence-corrected chi connectivity index (χ0v) is 22.4. The number of nitriles is 1. The second kappa shape index (κ2) is 12.9. The molecule has 7 nitrogen and oxygen atoms in total. The van der Waals surface area contributed by atoms with E-state index in [0.717, 1.165) is 31.4 Å². The summed E-state index contributed by atoms with van der Waals surface area (Å²) in [6.07, 6.45) is 7.13. The topological polar surface area (TPSA) is 91.2 Å². The van der Waals surface area contributed by atoms with Crippen LogP contribution < -0.4 is 16.0 Å². The molecule has 2 fully saturated rings. The van der Waals surface area contributed by atoms with E-state index in [4.69, 9.17) is 21.1 Å². The summed E-state index contributed by atoms with van der Waals surface area (Å²) < 4.78 is 25.6. The molecule has 1 aliphatic heterocycles. The fourth-order valence-corrected chi connectivity index (χ4v) is 5.45. The van der Waals surface area contributed by atoms with Gasteiger partial charge in [-0.05, 0) is 69.7 Å². The van der Waals surface area contributed by atoms with Gasteiger partial charge in [0.1, 0.15) is 11.6 Å². The SMILES string of the molecule is COC[C@H](C)N[C@H]1CC[C@H](Nc2cc(-c3cc(NCC4(C#N)CCOCC4)ccc3F)c(Cl)cn2)CC1. The maximum absolute atomic E-state index is 15.0. The first kappa shape index (κ1) is 27.6. The molecule has 0 spiro atoms. The average molecular weight is 530 g/mol. The number of hydrogen-bond donors (Lipinski definition) is 3. The van der Waals surface area contributed by atoms with Gasteiger partial charge in [0, 0.05) is 68.0 Å². The quantitative estimate of drug-likeness (QED) is 0.368. The first-order valence-corrected chi connectivity index (χ1v) is 13.5. The summed E-state index contributed by atoms with van der Waals surface area (Å²) in [7, 11) is 1.72. The van der Waals surface area contributed by atoms with Gasteiger partial charge in [0.2, 0.25) is 0 Å². The van der Waals surface area contributed by atoms with Gasteiger partial charge >= 0.3 is 0 Å². The minimum atomic E-state index is -0.478. The summed E-state index contributed by atoms with van der Waals surface area (Å²) >= 11 is 6.48. The molecule has 4 rings (SSSR count). The van der Waals surface area contributed by atoms with E-state index >= 15 is 0 Å². The van der Waals surface area contributed by atoms with Crippen molar-refractivity contribution in [3.63, 3.8) is 0 Å². The van der Waals surface area contributed by atoms with Crippen LogP contribution in [-0.2, 0) is 9.47 Å². The smallest absolute Gasteiger partial charge is 0.131 e. The van der Waals surface area contributed by atoms with Gasteiger partial charge < -0.3 is 25.4 Å². The number of anilines is 2. The first-order chi connectivity index (χ1) is 17.9. The van der Waals surface area contributed by atoms with Crippen LogP contribution in [0.1, 0.15) is 45.4 Å². The molecule has 9 heteroatoms. The number of nitrogens with zero attached hydrogens (tertiary/aromatic N) is 2. The Kier molecular flexibility index (Phi) is 9.60.